The molecule has 4 rings (SSSR count). The van der Waals surface area contributed by atoms with Crippen LogP contribution in [0.15, 0.2) is 57.7 Å². The predicted molar refractivity (Wildman–Crippen MR) is 113 cm³/mol. The first kappa shape index (κ1) is 19.5. The molecular formula is C23H26N2O4. The summed E-state index contributed by atoms with van der Waals surface area (Å²) in [6.07, 6.45) is 0. The molecule has 0 atom stereocenters. The normalized spacial score (nSPS) is 15.5. The molecule has 0 unspecified atom stereocenters. The van der Waals surface area contributed by atoms with Gasteiger partial charge in [0.05, 0.1) is 14.2 Å². The second-order valence-corrected chi connectivity index (χ2v) is 7.35. The highest BCUT2D eigenvalue weighted by atomic mass is 16.5. The first-order valence-corrected chi connectivity index (χ1v) is 9.83. The topological polar surface area (TPSA) is 55.2 Å². The molecule has 0 aliphatic carbocycles. The van der Waals surface area contributed by atoms with Crippen LogP contribution in [0.4, 0.5) is 0 Å². The summed E-state index contributed by atoms with van der Waals surface area (Å²) >= 11 is 0. The fourth-order valence-corrected chi connectivity index (χ4v) is 3.80. The number of ether oxygens (including phenoxy) is 2. The molecule has 2 heterocycles. The molecule has 6 heteroatoms. The van der Waals surface area contributed by atoms with Crippen molar-refractivity contribution in [3.05, 3.63) is 70.1 Å². The van der Waals surface area contributed by atoms with E-state index < -0.39 is 0 Å². The Kier molecular flexibility index (Phi) is 5.83. The van der Waals surface area contributed by atoms with Crippen LogP contribution in [-0.4, -0.2) is 50.2 Å². The van der Waals surface area contributed by atoms with Gasteiger partial charge in [0.15, 0.2) is 0 Å². The van der Waals surface area contributed by atoms with E-state index in [0.29, 0.717) is 11.3 Å². The molecule has 3 aromatic rings. The van der Waals surface area contributed by atoms with E-state index in [9.17, 15) is 4.79 Å². The maximum Gasteiger partial charge on any atom is 0.336 e. The minimum absolute atomic E-state index is 0.320. The van der Waals surface area contributed by atoms with E-state index in [4.69, 9.17) is 13.9 Å². The van der Waals surface area contributed by atoms with Gasteiger partial charge >= 0.3 is 5.63 Å². The van der Waals surface area contributed by atoms with E-state index in [-0.39, 0.29) is 5.63 Å². The van der Waals surface area contributed by atoms with Crippen molar-refractivity contribution in [3.8, 4) is 11.5 Å². The van der Waals surface area contributed by atoms with Gasteiger partial charge in [-0.1, -0.05) is 12.1 Å². The van der Waals surface area contributed by atoms with Gasteiger partial charge in [0.1, 0.15) is 17.1 Å². The average molecular weight is 394 g/mol. The van der Waals surface area contributed by atoms with Crippen molar-refractivity contribution in [3.63, 3.8) is 0 Å². The second-order valence-electron chi connectivity index (χ2n) is 7.35. The second kappa shape index (κ2) is 8.68. The Hall–Kier alpha value is -2.83. The summed E-state index contributed by atoms with van der Waals surface area (Å²) in [5.74, 6) is 1.57. The van der Waals surface area contributed by atoms with Crippen molar-refractivity contribution in [1.82, 2.24) is 9.80 Å². The third-order valence-electron chi connectivity index (χ3n) is 5.46. The van der Waals surface area contributed by atoms with Crippen molar-refractivity contribution in [1.29, 1.82) is 0 Å². The Bertz CT molecular complexity index is 1020. The van der Waals surface area contributed by atoms with Crippen LogP contribution in [0.3, 0.4) is 0 Å². The zero-order chi connectivity index (χ0) is 20.2. The van der Waals surface area contributed by atoms with E-state index in [2.05, 4.69) is 21.9 Å². The molecule has 0 bridgehead atoms. The summed E-state index contributed by atoms with van der Waals surface area (Å²) in [4.78, 5) is 16.9. The van der Waals surface area contributed by atoms with Gasteiger partial charge in [-0.05, 0) is 35.4 Å². The minimum atomic E-state index is -0.320. The number of hydrogen-bond acceptors (Lipinski definition) is 6. The molecule has 1 aromatic heterocycles. The first-order chi connectivity index (χ1) is 14.1. The SMILES string of the molecule is COc1ccc(CN2CCN(Cc3cc(=O)oc4cc(OC)ccc34)CC2)cc1. The Labute approximate surface area is 170 Å². The molecule has 29 heavy (non-hydrogen) atoms. The molecule has 0 radical (unpaired) electrons. The highest BCUT2D eigenvalue weighted by Gasteiger charge is 2.18. The predicted octanol–water partition coefficient (Wildman–Crippen LogP) is 3.13. The standard InChI is InChI=1S/C23H26N2O4/c1-27-19-5-3-17(4-6-19)15-24-9-11-25(12-10-24)16-18-13-23(26)29-22-14-20(28-2)7-8-21(18)22/h3-8,13-14H,9-12,15-16H2,1-2H3. The molecule has 0 amide bonds. The van der Waals surface area contributed by atoms with E-state index >= 15 is 0 Å². The highest BCUT2D eigenvalue weighted by Crippen LogP contribution is 2.24. The first-order valence-electron chi connectivity index (χ1n) is 9.83. The maximum atomic E-state index is 12.0. The van der Waals surface area contributed by atoms with Gasteiger partial charge in [-0.15, -0.1) is 0 Å². The molecule has 2 aromatic carbocycles. The molecule has 1 fully saturated rings. The van der Waals surface area contributed by atoms with Crippen LogP contribution in [0.2, 0.25) is 0 Å². The highest BCUT2D eigenvalue weighted by molar-refractivity contribution is 5.81. The van der Waals surface area contributed by atoms with Crippen LogP contribution >= 0.6 is 0 Å². The number of hydrogen-bond donors (Lipinski definition) is 0. The minimum Gasteiger partial charge on any atom is -0.497 e. The quantitative estimate of drug-likeness (QED) is 0.599. The van der Waals surface area contributed by atoms with Gasteiger partial charge in [-0.25, -0.2) is 4.79 Å². The van der Waals surface area contributed by atoms with Crippen molar-refractivity contribution in [2.45, 2.75) is 13.1 Å². The Morgan fingerprint density at radius 1 is 0.828 bits per heavy atom. The molecule has 6 nitrogen and oxygen atoms in total. The number of benzene rings is 2. The molecule has 0 N–H and O–H groups in total. The zero-order valence-corrected chi connectivity index (χ0v) is 16.9. The van der Waals surface area contributed by atoms with Gasteiger partial charge in [-0.2, -0.15) is 0 Å². The number of fused-ring (bicyclic) bond motifs is 1. The van der Waals surface area contributed by atoms with E-state index in [0.717, 1.165) is 56.0 Å². The number of nitrogens with zero attached hydrogens (tertiary/aromatic N) is 2. The molecular weight excluding hydrogens is 368 g/mol. The Morgan fingerprint density at radius 3 is 2.10 bits per heavy atom. The third kappa shape index (κ3) is 4.60. The summed E-state index contributed by atoms with van der Waals surface area (Å²) < 4.78 is 15.8. The summed E-state index contributed by atoms with van der Waals surface area (Å²) in [7, 11) is 3.29. The van der Waals surface area contributed by atoms with E-state index in [1.807, 2.05) is 24.3 Å². The van der Waals surface area contributed by atoms with E-state index in [1.165, 1.54) is 5.56 Å². The molecule has 0 spiro atoms. The largest absolute Gasteiger partial charge is 0.497 e. The van der Waals surface area contributed by atoms with Crippen LogP contribution < -0.4 is 15.1 Å². The lowest BCUT2D eigenvalue weighted by Crippen LogP contribution is -2.45. The lowest BCUT2D eigenvalue weighted by molar-refractivity contribution is 0.122. The summed E-state index contributed by atoms with van der Waals surface area (Å²) in [5.41, 5.74) is 2.55. The number of piperazine rings is 1. The van der Waals surface area contributed by atoms with Crippen molar-refractivity contribution in [2.24, 2.45) is 0 Å². The third-order valence-corrected chi connectivity index (χ3v) is 5.46. The lowest BCUT2D eigenvalue weighted by Gasteiger charge is -2.34. The summed E-state index contributed by atoms with van der Waals surface area (Å²) in [6.45, 7) is 5.61. The lowest BCUT2D eigenvalue weighted by atomic mass is 10.1. The van der Waals surface area contributed by atoms with Crippen molar-refractivity contribution < 1.29 is 13.9 Å². The smallest absolute Gasteiger partial charge is 0.336 e. The summed E-state index contributed by atoms with van der Waals surface area (Å²) in [5, 5.41) is 0.964. The molecule has 1 saturated heterocycles. The Morgan fingerprint density at radius 2 is 1.45 bits per heavy atom. The molecule has 1 aliphatic rings. The zero-order valence-electron chi connectivity index (χ0n) is 16.9. The monoisotopic (exact) mass is 394 g/mol. The molecule has 0 saturated carbocycles. The molecule has 152 valence electrons. The van der Waals surface area contributed by atoms with Crippen LogP contribution in [-0.2, 0) is 13.1 Å². The van der Waals surface area contributed by atoms with Crippen LogP contribution in [0, 0.1) is 0 Å². The fraction of sp³-hybridized carbons (Fsp3) is 0.348. The Balaban J connectivity index is 1.40. The van der Waals surface area contributed by atoms with Crippen molar-refractivity contribution >= 4 is 11.0 Å². The molecule has 1 aliphatic heterocycles. The van der Waals surface area contributed by atoms with Crippen LogP contribution in [0.5, 0.6) is 11.5 Å². The fourth-order valence-electron chi connectivity index (χ4n) is 3.80. The van der Waals surface area contributed by atoms with Gasteiger partial charge in [0.2, 0.25) is 0 Å². The van der Waals surface area contributed by atoms with E-state index in [1.54, 1.807) is 26.4 Å². The van der Waals surface area contributed by atoms with Crippen LogP contribution in [0.1, 0.15) is 11.1 Å². The van der Waals surface area contributed by atoms with Gasteiger partial charge in [0, 0.05) is 56.8 Å². The van der Waals surface area contributed by atoms with Gasteiger partial charge in [-0.3, -0.25) is 9.80 Å². The number of rotatable bonds is 6. The maximum absolute atomic E-state index is 12.0. The van der Waals surface area contributed by atoms with Gasteiger partial charge in [0.25, 0.3) is 0 Å². The van der Waals surface area contributed by atoms with Crippen LogP contribution in [0.25, 0.3) is 11.0 Å². The average Bonchev–Trinajstić information content (AvgIpc) is 2.75. The van der Waals surface area contributed by atoms with Gasteiger partial charge < -0.3 is 13.9 Å². The van der Waals surface area contributed by atoms with Crippen molar-refractivity contribution in [2.75, 3.05) is 40.4 Å². The number of methoxy groups -OCH3 is 2. The summed E-state index contributed by atoms with van der Waals surface area (Å²) in [6, 6.07) is 15.5.